The van der Waals surface area contributed by atoms with Gasteiger partial charge in [0.05, 0.1) is 37.3 Å². The SMILES string of the molecule is CN(CCO)c1cccc2c1S(=O)(=O)N(Cc1cn(Cc3ccc(Cl)cc3)nn1)Cc1ccccc1O2. The molecule has 0 unspecified atom stereocenters. The number of aliphatic hydroxyl groups excluding tert-OH is 1. The number of para-hydroxylation sites is 1. The molecule has 4 aromatic rings. The van der Waals surface area contributed by atoms with Crippen LogP contribution in [0.5, 0.6) is 11.5 Å². The summed E-state index contributed by atoms with van der Waals surface area (Å²) >= 11 is 5.98. The highest BCUT2D eigenvalue weighted by Gasteiger charge is 2.35. The number of aliphatic hydroxyl groups is 1. The van der Waals surface area contributed by atoms with Gasteiger partial charge in [0.25, 0.3) is 0 Å². The first-order chi connectivity index (χ1) is 17.8. The lowest BCUT2D eigenvalue weighted by molar-refractivity contribution is 0.303. The number of likely N-dealkylation sites (N-methyl/N-ethyl adjacent to an activating group) is 1. The van der Waals surface area contributed by atoms with Crippen molar-refractivity contribution >= 4 is 27.3 Å². The van der Waals surface area contributed by atoms with Crippen molar-refractivity contribution in [2.75, 3.05) is 25.1 Å². The number of benzene rings is 3. The third-order valence-corrected chi connectivity index (χ3v) is 8.24. The van der Waals surface area contributed by atoms with Crippen molar-refractivity contribution in [1.82, 2.24) is 19.3 Å². The van der Waals surface area contributed by atoms with Gasteiger partial charge in [-0.1, -0.05) is 53.2 Å². The Morgan fingerprint density at radius 3 is 2.57 bits per heavy atom. The highest BCUT2D eigenvalue weighted by atomic mass is 35.5. The molecular weight excluding hydrogens is 514 g/mol. The monoisotopic (exact) mass is 539 g/mol. The van der Waals surface area contributed by atoms with Crippen molar-refractivity contribution in [3.63, 3.8) is 0 Å². The van der Waals surface area contributed by atoms with E-state index in [2.05, 4.69) is 10.3 Å². The van der Waals surface area contributed by atoms with Crippen molar-refractivity contribution in [2.45, 2.75) is 24.5 Å². The molecule has 3 aromatic carbocycles. The van der Waals surface area contributed by atoms with E-state index in [1.54, 1.807) is 41.0 Å². The van der Waals surface area contributed by atoms with E-state index in [0.29, 0.717) is 28.7 Å². The van der Waals surface area contributed by atoms with Gasteiger partial charge in [-0.25, -0.2) is 13.1 Å². The molecule has 1 aliphatic heterocycles. The standard InChI is InChI=1S/C26H26ClN5O4S/c1-30(13-14-33)23-6-4-8-25-26(23)37(34,35)32(16-20-5-2-3-7-24(20)36-25)18-22-17-31(29-28-22)15-19-9-11-21(27)12-10-19/h2-12,17,33H,13-16,18H2,1H3. The molecule has 0 saturated carbocycles. The second kappa shape index (κ2) is 10.5. The topological polar surface area (TPSA) is 101 Å². The first kappa shape index (κ1) is 25.2. The molecule has 1 aromatic heterocycles. The summed E-state index contributed by atoms with van der Waals surface area (Å²) in [5.74, 6) is 0.808. The molecule has 192 valence electrons. The van der Waals surface area contributed by atoms with E-state index in [0.717, 1.165) is 11.1 Å². The van der Waals surface area contributed by atoms with Crippen LogP contribution in [0.1, 0.15) is 16.8 Å². The minimum atomic E-state index is -4.04. The Balaban J connectivity index is 1.52. The number of anilines is 1. The van der Waals surface area contributed by atoms with E-state index >= 15 is 0 Å². The van der Waals surface area contributed by atoms with Crippen LogP contribution in [0.15, 0.2) is 77.8 Å². The molecule has 5 rings (SSSR count). The van der Waals surface area contributed by atoms with Gasteiger partial charge < -0.3 is 14.7 Å². The number of hydrogen-bond donors (Lipinski definition) is 1. The molecule has 0 amide bonds. The molecule has 1 N–H and O–H groups in total. The number of halogens is 1. The average molecular weight is 540 g/mol. The summed E-state index contributed by atoms with van der Waals surface area (Å²) in [6.45, 7) is 0.743. The van der Waals surface area contributed by atoms with Crippen LogP contribution in [0.2, 0.25) is 5.02 Å². The van der Waals surface area contributed by atoms with Gasteiger partial charge in [0.1, 0.15) is 16.4 Å². The van der Waals surface area contributed by atoms with Crippen LogP contribution in [0, 0.1) is 0 Å². The molecule has 0 saturated heterocycles. The predicted octanol–water partition coefficient (Wildman–Crippen LogP) is 3.91. The Kier molecular flexibility index (Phi) is 7.16. The van der Waals surface area contributed by atoms with Crippen LogP contribution in [0.25, 0.3) is 0 Å². The Morgan fingerprint density at radius 2 is 1.78 bits per heavy atom. The lowest BCUT2D eigenvalue weighted by atomic mass is 10.2. The summed E-state index contributed by atoms with van der Waals surface area (Å²) in [5, 5.41) is 18.6. The normalized spacial score (nSPS) is 14.7. The number of aromatic nitrogens is 3. The zero-order valence-corrected chi connectivity index (χ0v) is 21.7. The van der Waals surface area contributed by atoms with Crippen LogP contribution in [-0.4, -0.2) is 53.0 Å². The number of fused-ring (bicyclic) bond motifs is 2. The largest absolute Gasteiger partial charge is 0.456 e. The van der Waals surface area contributed by atoms with Crippen molar-refractivity contribution < 1.29 is 18.3 Å². The molecule has 0 aliphatic carbocycles. The third-order valence-electron chi connectivity index (χ3n) is 6.12. The Bertz CT molecular complexity index is 1510. The fourth-order valence-electron chi connectivity index (χ4n) is 4.26. The van der Waals surface area contributed by atoms with Crippen LogP contribution in [0.4, 0.5) is 5.69 Å². The molecule has 11 heteroatoms. The van der Waals surface area contributed by atoms with Crippen molar-refractivity contribution in [3.8, 4) is 11.5 Å². The summed E-state index contributed by atoms with van der Waals surface area (Å²) in [7, 11) is -2.30. The predicted molar refractivity (Wildman–Crippen MR) is 140 cm³/mol. The summed E-state index contributed by atoms with van der Waals surface area (Å²) < 4.78 is 37.5. The number of rotatable bonds is 7. The Labute approximate surface area is 220 Å². The smallest absolute Gasteiger partial charge is 0.249 e. The van der Waals surface area contributed by atoms with Gasteiger partial charge in [-0.05, 0) is 35.9 Å². The van der Waals surface area contributed by atoms with E-state index in [1.165, 1.54) is 4.31 Å². The van der Waals surface area contributed by atoms with Crippen LogP contribution in [-0.2, 0) is 29.7 Å². The second-order valence-electron chi connectivity index (χ2n) is 8.77. The van der Waals surface area contributed by atoms with E-state index in [-0.39, 0.29) is 36.9 Å². The molecular formula is C26H26ClN5O4S. The molecule has 2 heterocycles. The number of sulfonamides is 1. The van der Waals surface area contributed by atoms with Gasteiger partial charge in [0, 0.05) is 30.7 Å². The van der Waals surface area contributed by atoms with E-state index in [1.807, 2.05) is 48.5 Å². The number of ether oxygens (including phenoxy) is 1. The number of hydrogen-bond acceptors (Lipinski definition) is 7. The molecule has 9 nitrogen and oxygen atoms in total. The summed E-state index contributed by atoms with van der Waals surface area (Å²) in [6, 6.07) is 19.9. The Hall–Kier alpha value is -3.44. The first-order valence-electron chi connectivity index (χ1n) is 11.7. The van der Waals surface area contributed by atoms with Gasteiger partial charge in [0.2, 0.25) is 10.0 Å². The van der Waals surface area contributed by atoms with E-state index in [9.17, 15) is 13.5 Å². The fraction of sp³-hybridized carbons (Fsp3) is 0.231. The third kappa shape index (κ3) is 5.33. The minimum absolute atomic E-state index is 0.0226. The van der Waals surface area contributed by atoms with Gasteiger partial charge >= 0.3 is 0 Å². The van der Waals surface area contributed by atoms with Crippen LogP contribution in [0.3, 0.4) is 0 Å². The lowest BCUT2D eigenvalue weighted by Gasteiger charge is -2.30. The highest BCUT2D eigenvalue weighted by molar-refractivity contribution is 7.89. The quantitative estimate of drug-likeness (QED) is 0.380. The van der Waals surface area contributed by atoms with Crippen LogP contribution < -0.4 is 9.64 Å². The first-order valence-corrected chi connectivity index (χ1v) is 13.5. The summed E-state index contributed by atoms with van der Waals surface area (Å²) in [6.07, 6.45) is 1.75. The molecule has 0 fully saturated rings. The van der Waals surface area contributed by atoms with Crippen molar-refractivity contribution in [1.29, 1.82) is 0 Å². The maximum absolute atomic E-state index is 14.1. The van der Waals surface area contributed by atoms with E-state index < -0.39 is 10.0 Å². The zero-order chi connectivity index (χ0) is 26.0. The molecule has 1 aliphatic rings. The maximum atomic E-state index is 14.1. The number of nitrogens with zero attached hydrogens (tertiary/aromatic N) is 5. The minimum Gasteiger partial charge on any atom is -0.456 e. The fourth-order valence-corrected chi connectivity index (χ4v) is 6.11. The molecule has 0 bridgehead atoms. The average Bonchev–Trinajstić information content (AvgIpc) is 3.32. The molecule has 0 atom stereocenters. The van der Waals surface area contributed by atoms with E-state index in [4.69, 9.17) is 16.3 Å². The van der Waals surface area contributed by atoms with Gasteiger partial charge in [-0.2, -0.15) is 4.31 Å². The maximum Gasteiger partial charge on any atom is 0.249 e. The van der Waals surface area contributed by atoms with Crippen molar-refractivity contribution in [2.24, 2.45) is 0 Å². The molecule has 37 heavy (non-hydrogen) atoms. The van der Waals surface area contributed by atoms with Crippen molar-refractivity contribution in [3.05, 3.63) is 94.8 Å². The summed E-state index contributed by atoms with van der Waals surface area (Å²) in [5.41, 5.74) is 2.69. The zero-order valence-electron chi connectivity index (χ0n) is 20.2. The highest BCUT2D eigenvalue weighted by Crippen LogP contribution is 2.41. The Morgan fingerprint density at radius 1 is 1.03 bits per heavy atom. The van der Waals surface area contributed by atoms with Gasteiger partial charge in [-0.3, -0.25) is 0 Å². The second-order valence-corrected chi connectivity index (χ2v) is 11.1. The molecule has 0 spiro atoms. The summed E-state index contributed by atoms with van der Waals surface area (Å²) in [4.78, 5) is 1.75. The molecule has 0 radical (unpaired) electrons. The van der Waals surface area contributed by atoms with Gasteiger partial charge in [-0.15, -0.1) is 5.10 Å². The van der Waals surface area contributed by atoms with Gasteiger partial charge in [0.15, 0.2) is 0 Å². The lowest BCUT2D eigenvalue weighted by Crippen LogP contribution is -2.33. The van der Waals surface area contributed by atoms with Crippen LogP contribution >= 0.6 is 11.6 Å².